The lowest BCUT2D eigenvalue weighted by Crippen LogP contribution is -1.84. The summed E-state index contributed by atoms with van der Waals surface area (Å²) < 4.78 is 13.5. The Bertz CT molecular complexity index is 592. The molecule has 0 aromatic heterocycles. The van der Waals surface area contributed by atoms with Gasteiger partial charge in [0.15, 0.2) is 0 Å². The first-order valence-electron chi connectivity index (χ1n) is 4.83. The number of rotatable bonds is 2. The lowest BCUT2D eigenvalue weighted by molar-refractivity contribution is 0.602. The molecule has 0 N–H and O–H groups in total. The van der Waals surface area contributed by atoms with Crippen LogP contribution in [0.2, 0.25) is 5.02 Å². The number of benzene rings is 2. The van der Waals surface area contributed by atoms with Gasteiger partial charge < -0.3 is 0 Å². The summed E-state index contributed by atoms with van der Waals surface area (Å²) in [6.07, 6.45) is 0. The Morgan fingerprint density at radius 3 is 2.59 bits per heavy atom. The second-order valence-electron chi connectivity index (χ2n) is 3.28. The summed E-state index contributed by atoms with van der Waals surface area (Å²) in [5.41, 5.74) is 0.489. The molecule has 0 aliphatic carbocycles. The predicted molar refractivity (Wildman–Crippen MR) is 66.7 cm³/mol. The van der Waals surface area contributed by atoms with Crippen molar-refractivity contribution in [3.63, 3.8) is 0 Å². The second kappa shape index (κ2) is 5.22. The highest BCUT2D eigenvalue weighted by Gasteiger charge is 2.08. The van der Waals surface area contributed by atoms with Gasteiger partial charge in [0.1, 0.15) is 11.9 Å². The maximum atomic E-state index is 13.5. The van der Waals surface area contributed by atoms with E-state index in [1.54, 1.807) is 36.4 Å². The number of hydrogen-bond acceptors (Lipinski definition) is 2. The zero-order chi connectivity index (χ0) is 12.3. The van der Waals surface area contributed by atoms with Gasteiger partial charge in [-0.2, -0.15) is 5.26 Å². The summed E-state index contributed by atoms with van der Waals surface area (Å²) in [5, 5.41) is 9.49. The third-order valence-corrected chi connectivity index (χ3v) is 3.46. The van der Waals surface area contributed by atoms with E-state index in [4.69, 9.17) is 16.9 Å². The van der Waals surface area contributed by atoms with E-state index in [1.165, 1.54) is 17.8 Å². The average molecular weight is 264 g/mol. The molecule has 4 heteroatoms. The van der Waals surface area contributed by atoms with Crippen LogP contribution in [-0.4, -0.2) is 0 Å². The van der Waals surface area contributed by atoms with Crippen LogP contribution in [-0.2, 0) is 0 Å². The molecule has 84 valence electrons. The number of hydrogen-bond donors (Lipinski definition) is 0. The Labute approximate surface area is 108 Å². The molecule has 0 aliphatic heterocycles. The molecule has 2 aromatic carbocycles. The Hall–Kier alpha value is -1.50. The summed E-state index contributed by atoms with van der Waals surface area (Å²) in [6, 6.07) is 13.4. The maximum Gasteiger partial charge on any atom is 0.137 e. The second-order valence-corrected chi connectivity index (χ2v) is 4.80. The number of halogens is 2. The smallest absolute Gasteiger partial charge is 0.137 e. The van der Waals surface area contributed by atoms with E-state index in [0.29, 0.717) is 20.4 Å². The zero-order valence-electron chi connectivity index (χ0n) is 8.65. The van der Waals surface area contributed by atoms with Crippen molar-refractivity contribution in [1.29, 1.82) is 5.26 Å². The van der Waals surface area contributed by atoms with Crippen molar-refractivity contribution < 1.29 is 4.39 Å². The van der Waals surface area contributed by atoms with Crippen LogP contribution in [0, 0.1) is 17.1 Å². The molecule has 0 spiro atoms. The standard InChI is InChI=1S/C13H7ClFNS/c14-10-6-5-9(8-16)13(7-10)17-12-4-2-1-3-11(12)15/h1-7H. The van der Waals surface area contributed by atoms with Crippen LogP contribution in [0.15, 0.2) is 52.3 Å². The first kappa shape index (κ1) is 12.0. The van der Waals surface area contributed by atoms with Gasteiger partial charge >= 0.3 is 0 Å². The summed E-state index contributed by atoms with van der Waals surface area (Å²) in [5.74, 6) is -0.304. The molecule has 0 saturated carbocycles. The van der Waals surface area contributed by atoms with Gasteiger partial charge in [-0.15, -0.1) is 0 Å². The lowest BCUT2D eigenvalue weighted by Gasteiger charge is -2.05. The first-order chi connectivity index (χ1) is 8.20. The van der Waals surface area contributed by atoms with Crippen LogP contribution in [0.1, 0.15) is 5.56 Å². The van der Waals surface area contributed by atoms with Crippen molar-refractivity contribution in [3.05, 3.63) is 58.9 Å². The van der Waals surface area contributed by atoms with Gasteiger partial charge in [0.25, 0.3) is 0 Å². The number of nitrogens with zero attached hydrogens (tertiary/aromatic N) is 1. The molecule has 2 aromatic rings. The molecule has 0 saturated heterocycles. The summed E-state index contributed by atoms with van der Waals surface area (Å²) in [7, 11) is 0. The highest BCUT2D eigenvalue weighted by atomic mass is 35.5. The molecule has 0 aliphatic rings. The SMILES string of the molecule is N#Cc1ccc(Cl)cc1Sc1ccccc1F. The van der Waals surface area contributed by atoms with Crippen LogP contribution >= 0.6 is 23.4 Å². The van der Waals surface area contributed by atoms with E-state index < -0.39 is 0 Å². The predicted octanol–water partition coefficient (Wildman–Crippen LogP) is 4.50. The van der Waals surface area contributed by atoms with E-state index in [0.717, 1.165) is 0 Å². The van der Waals surface area contributed by atoms with Gasteiger partial charge in [0, 0.05) is 14.8 Å². The number of nitriles is 1. The fraction of sp³-hybridized carbons (Fsp3) is 0. The third-order valence-electron chi connectivity index (χ3n) is 2.12. The normalized spacial score (nSPS) is 9.94. The third kappa shape index (κ3) is 2.79. The molecule has 0 bridgehead atoms. The van der Waals surface area contributed by atoms with Gasteiger partial charge in [-0.1, -0.05) is 35.5 Å². The van der Waals surface area contributed by atoms with E-state index >= 15 is 0 Å². The minimum Gasteiger partial charge on any atom is -0.206 e. The Morgan fingerprint density at radius 2 is 1.88 bits per heavy atom. The fourth-order valence-electron chi connectivity index (χ4n) is 1.32. The average Bonchev–Trinajstić information content (AvgIpc) is 2.32. The van der Waals surface area contributed by atoms with Gasteiger partial charge in [-0.05, 0) is 30.3 Å². The first-order valence-corrected chi connectivity index (χ1v) is 6.02. The van der Waals surface area contributed by atoms with Gasteiger partial charge in [0.05, 0.1) is 5.56 Å². The van der Waals surface area contributed by atoms with Crippen molar-refractivity contribution in [3.8, 4) is 6.07 Å². The van der Waals surface area contributed by atoms with Crippen LogP contribution in [0.5, 0.6) is 0 Å². The Morgan fingerprint density at radius 1 is 1.12 bits per heavy atom. The lowest BCUT2D eigenvalue weighted by atomic mass is 10.2. The van der Waals surface area contributed by atoms with Gasteiger partial charge in [-0.25, -0.2) is 4.39 Å². The largest absolute Gasteiger partial charge is 0.206 e. The monoisotopic (exact) mass is 263 g/mol. The minimum absolute atomic E-state index is 0.304. The molecule has 2 rings (SSSR count). The van der Waals surface area contributed by atoms with Crippen molar-refractivity contribution in [1.82, 2.24) is 0 Å². The van der Waals surface area contributed by atoms with Crippen LogP contribution in [0.3, 0.4) is 0 Å². The topological polar surface area (TPSA) is 23.8 Å². The molecule has 0 fully saturated rings. The molecular weight excluding hydrogens is 257 g/mol. The van der Waals surface area contributed by atoms with E-state index in [1.807, 2.05) is 0 Å². The quantitative estimate of drug-likeness (QED) is 0.796. The molecule has 0 amide bonds. The van der Waals surface area contributed by atoms with Gasteiger partial charge in [0.2, 0.25) is 0 Å². The molecule has 0 atom stereocenters. The molecule has 0 unspecified atom stereocenters. The van der Waals surface area contributed by atoms with E-state index in [-0.39, 0.29) is 5.82 Å². The van der Waals surface area contributed by atoms with E-state index in [2.05, 4.69) is 6.07 Å². The van der Waals surface area contributed by atoms with Crippen molar-refractivity contribution in [2.24, 2.45) is 0 Å². The van der Waals surface area contributed by atoms with Crippen molar-refractivity contribution >= 4 is 23.4 Å². The zero-order valence-corrected chi connectivity index (χ0v) is 10.2. The van der Waals surface area contributed by atoms with Crippen LogP contribution in [0.25, 0.3) is 0 Å². The van der Waals surface area contributed by atoms with Crippen LogP contribution in [0.4, 0.5) is 4.39 Å². The molecule has 1 nitrogen and oxygen atoms in total. The Balaban J connectivity index is 2.40. The van der Waals surface area contributed by atoms with E-state index in [9.17, 15) is 4.39 Å². The molecular formula is C13H7ClFNS. The summed E-state index contributed by atoms with van der Waals surface area (Å²) in [6.45, 7) is 0. The highest BCUT2D eigenvalue weighted by Crippen LogP contribution is 2.33. The molecule has 0 heterocycles. The van der Waals surface area contributed by atoms with Crippen molar-refractivity contribution in [2.75, 3.05) is 0 Å². The maximum absolute atomic E-state index is 13.5. The molecule has 17 heavy (non-hydrogen) atoms. The van der Waals surface area contributed by atoms with Crippen molar-refractivity contribution in [2.45, 2.75) is 9.79 Å². The van der Waals surface area contributed by atoms with Crippen LogP contribution < -0.4 is 0 Å². The summed E-state index contributed by atoms with van der Waals surface area (Å²) in [4.78, 5) is 1.14. The molecule has 0 radical (unpaired) electrons. The minimum atomic E-state index is -0.304. The Kier molecular flexibility index (Phi) is 3.68. The highest BCUT2D eigenvalue weighted by molar-refractivity contribution is 7.99. The fourth-order valence-corrected chi connectivity index (χ4v) is 2.51. The van der Waals surface area contributed by atoms with Gasteiger partial charge in [-0.3, -0.25) is 0 Å². The summed E-state index contributed by atoms with van der Waals surface area (Å²) >= 11 is 7.06.